The van der Waals surface area contributed by atoms with Crippen LogP contribution in [0.15, 0.2) is 57.6 Å². The molecule has 0 fully saturated rings. The van der Waals surface area contributed by atoms with E-state index in [0.717, 1.165) is 15.9 Å². The molecule has 124 valence electrons. The third kappa shape index (κ3) is 4.26. The van der Waals surface area contributed by atoms with Gasteiger partial charge in [-0.05, 0) is 42.5 Å². The molecule has 2 heterocycles. The topological polar surface area (TPSA) is 69.3 Å². The number of aryl methyl sites for hydroxylation is 1. The van der Waals surface area contributed by atoms with E-state index in [1.165, 1.54) is 0 Å². The lowest BCUT2D eigenvalue weighted by atomic mass is 10.3. The van der Waals surface area contributed by atoms with Crippen molar-refractivity contribution in [1.82, 2.24) is 15.1 Å². The van der Waals surface area contributed by atoms with Gasteiger partial charge in [-0.15, -0.1) is 0 Å². The second kappa shape index (κ2) is 7.35. The first-order chi connectivity index (χ1) is 11.6. The number of aromatic nitrogens is 2. The molecule has 0 aliphatic carbocycles. The molecule has 1 aromatic carbocycles. The maximum atomic E-state index is 12.1. The van der Waals surface area contributed by atoms with Gasteiger partial charge < -0.3 is 14.5 Å². The maximum absolute atomic E-state index is 12.1. The Kier molecular flexibility index (Phi) is 5.00. The van der Waals surface area contributed by atoms with E-state index >= 15 is 0 Å². The van der Waals surface area contributed by atoms with Gasteiger partial charge in [-0.1, -0.05) is 15.9 Å². The van der Waals surface area contributed by atoms with Crippen molar-refractivity contribution in [3.63, 3.8) is 0 Å². The molecule has 3 aromatic rings. The highest BCUT2D eigenvalue weighted by atomic mass is 79.9. The fourth-order valence-corrected chi connectivity index (χ4v) is 2.34. The number of halogens is 1. The lowest BCUT2D eigenvalue weighted by molar-refractivity contribution is 0.0918. The van der Waals surface area contributed by atoms with Gasteiger partial charge in [0, 0.05) is 17.7 Å². The molecule has 6 nitrogen and oxygen atoms in total. The monoisotopic (exact) mass is 389 g/mol. The highest BCUT2D eigenvalue weighted by molar-refractivity contribution is 9.10. The van der Waals surface area contributed by atoms with E-state index < -0.39 is 0 Å². The number of hydrogen-bond acceptors (Lipinski definition) is 4. The zero-order valence-electron chi connectivity index (χ0n) is 13.0. The summed E-state index contributed by atoms with van der Waals surface area (Å²) < 4.78 is 13.8. The molecule has 0 saturated carbocycles. The number of hydrogen-bond donors (Lipinski definition) is 1. The molecule has 3 rings (SSSR count). The lowest BCUT2D eigenvalue weighted by Gasteiger charge is -2.04. The van der Waals surface area contributed by atoms with E-state index in [1.807, 2.05) is 43.6 Å². The second-order valence-corrected chi connectivity index (χ2v) is 6.09. The predicted molar refractivity (Wildman–Crippen MR) is 91.6 cm³/mol. The van der Waals surface area contributed by atoms with Gasteiger partial charge in [0.05, 0.1) is 12.2 Å². The van der Waals surface area contributed by atoms with Gasteiger partial charge in [-0.3, -0.25) is 9.48 Å². The van der Waals surface area contributed by atoms with Gasteiger partial charge in [-0.25, -0.2) is 0 Å². The van der Waals surface area contributed by atoms with Crippen molar-refractivity contribution in [2.24, 2.45) is 7.05 Å². The first kappa shape index (κ1) is 16.3. The van der Waals surface area contributed by atoms with E-state index in [9.17, 15) is 4.79 Å². The summed E-state index contributed by atoms with van der Waals surface area (Å²) in [7, 11) is 1.83. The molecule has 2 aromatic heterocycles. The first-order valence-corrected chi connectivity index (χ1v) is 8.13. The van der Waals surface area contributed by atoms with Crippen LogP contribution in [0.2, 0.25) is 0 Å². The maximum Gasteiger partial charge on any atom is 0.287 e. The van der Waals surface area contributed by atoms with E-state index in [2.05, 4.69) is 26.3 Å². The van der Waals surface area contributed by atoms with Crippen LogP contribution in [0.4, 0.5) is 0 Å². The van der Waals surface area contributed by atoms with E-state index in [4.69, 9.17) is 9.15 Å². The standard InChI is InChI=1S/C17H16BrN3O3/c1-21-9-8-13(20-21)10-19-17(22)16-7-6-15(24-16)11-23-14-4-2-12(18)3-5-14/h2-9H,10-11H2,1H3,(H,19,22). The zero-order chi connectivity index (χ0) is 16.9. The largest absolute Gasteiger partial charge is 0.486 e. The normalized spacial score (nSPS) is 10.6. The van der Waals surface area contributed by atoms with Crippen molar-refractivity contribution in [3.8, 4) is 5.75 Å². The molecule has 0 bridgehead atoms. The minimum atomic E-state index is -0.282. The van der Waals surface area contributed by atoms with Gasteiger partial charge in [-0.2, -0.15) is 5.10 Å². The van der Waals surface area contributed by atoms with Crippen molar-refractivity contribution in [3.05, 3.63) is 70.3 Å². The lowest BCUT2D eigenvalue weighted by Crippen LogP contribution is -2.22. The van der Waals surface area contributed by atoms with E-state index in [-0.39, 0.29) is 18.3 Å². The number of carbonyl (C=O) groups is 1. The SMILES string of the molecule is Cn1ccc(CNC(=O)c2ccc(COc3ccc(Br)cc3)o2)n1. The van der Waals surface area contributed by atoms with Crippen molar-refractivity contribution in [1.29, 1.82) is 0 Å². The van der Waals surface area contributed by atoms with Gasteiger partial charge in [0.2, 0.25) is 0 Å². The molecule has 0 spiro atoms. The van der Waals surface area contributed by atoms with Crippen LogP contribution in [0, 0.1) is 0 Å². The van der Waals surface area contributed by atoms with E-state index in [0.29, 0.717) is 12.3 Å². The van der Waals surface area contributed by atoms with E-state index in [1.54, 1.807) is 16.8 Å². The van der Waals surface area contributed by atoms with Crippen molar-refractivity contribution >= 4 is 21.8 Å². The minimum absolute atomic E-state index is 0.250. The molecular weight excluding hydrogens is 374 g/mol. The van der Waals surface area contributed by atoms with Crippen molar-refractivity contribution in [2.75, 3.05) is 0 Å². The Bertz CT molecular complexity index is 824. The molecule has 0 aliphatic heterocycles. The molecule has 24 heavy (non-hydrogen) atoms. The molecule has 0 unspecified atom stereocenters. The van der Waals surface area contributed by atoms with Crippen LogP contribution >= 0.6 is 15.9 Å². The summed E-state index contributed by atoms with van der Waals surface area (Å²) in [5.41, 5.74) is 0.788. The summed E-state index contributed by atoms with van der Waals surface area (Å²) in [4.78, 5) is 12.1. The van der Waals surface area contributed by atoms with Gasteiger partial charge in [0.25, 0.3) is 5.91 Å². The Labute approximate surface area is 147 Å². The second-order valence-electron chi connectivity index (χ2n) is 5.17. The van der Waals surface area contributed by atoms with Gasteiger partial charge in [0.1, 0.15) is 18.1 Å². The van der Waals surface area contributed by atoms with Crippen molar-refractivity contribution in [2.45, 2.75) is 13.2 Å². The molecule has 1 amide bonds. The Morgan fingerprint density at radius 2 is 2.04 bits per heavy atom. The van der Waals surface area contributed by atoms with Crippen LogP contribution in [-0.2, 0) is 20.2 Å². The molecular formula is C17H16BrN3O3. The number of furan rings is 1. The Hall–Kier alpha value is -2.54. The summed E-state index contributed by atoms with van der Waals surface area (Å²) >= 11 is 3.37. The predicted octanol–water partition coefficient (Wildman–Crippen LogP) is 3.28. The average Bonchev–Trinajstić information content (AvgIpc) is 3.21. The molecule has 0 atom stereocenters. The Balaban J connectivity index is 1.52. The Morgan fingerprint density at radius 1 is 1.25 bits per heavy atom. The van der Waals surface area contributed by atoms with Crippen molar-refractivity contribution < 1.29 is 13.9 Å². The van der Waals surface area contributed by atoms with Crippen LogP contribution in [0.5, 0.6) is 5.75 Å². The summed E-state index contributed by atoms with van der Waals surface area (Å²) in [6.45, 7) is 0.611. The summed E-state index contributed by atoms with van der Waals surface area (Å²) in [5, 5.41) is 6.97. The number of amides is 1. The number of ether oxygens (including phenoxy) is 1. The fourth-order valence-electron chi connectivity index (χ4n) is 2.08. The molecule has 0 radical (unpaired) electrons. The molecule has 1 N–H and O–H groups in total. The van der Waals surface area contributed by atoms with Gasteiger partial charge >= 0.3 is 0 Å². The van der Waals surface area contributed by atoms with Crippen LogP contribution in [0.25, 0.3) is 0 Å². The molecule has 0 aliphatic rings. The Morgan fingerprint density at radius 3 is 2.75 bits per heavy atom. The zero-order valence-corrected chi connectivity index (χ0v) is 14.6. The van der Waals surface area contributed by atoms with Crippen LogP contribution < -0.4 is 10.1 Å². The number of benzene rings is 1. The van der Waals surface area contributed by atoms with Crippen LogP contribution in [0.3, 0.4) is 0 Å². The highest BCUT2D eigenvalue weighted by Gasteiger charge is 2.12. The summed E-state index contributed by atoms with van der Waals surface area (Å²) in [6.07, 6.45) is 1.83. The third-order valence-corrected chi connectivity index (χ3v) is 3.81. The van der Waals surface area contributed by atoms with Crippen LogP contribution in [-0.4, -0.2) is 15.7 Å². The smallest absolute Gasteiger partial charge is 0.287 e. The molecule has 7 heteroatoms. The van der Waals surface area contributed by atoms with Gasteiger partial charge in [0.15, 0.2) is 5.76 Å². The number of nitrogens with zero attached hydrogens (tertiary/aromatic N) is 2. The summed E-state index contributed by atoms with van der Waals surface area (Å²) in [6, 6.07) is 12.7. The number of nitrogens with one attached hydrogen (secondary N) is 1. The quantitative estimate of drug-likeness (QED) is 0.702. The fraction of sp³-hybridized carbons (Fsp3) is 0.176. The average molecular weight is 390 g/mol. The number of carbonyl (C=O) groups excluding carboxylic acids is 1. The summed E-state index contributed by atoms with van der Waals surface area (Å²) in [5.74, 6) is 1.28. The molecule has 0 saturated heterocycles. The highest BCUT2D eigenvalue weighted by Crippen LogP contribution is 2.18. The number of rotatable bonds is 6. The minimum Gasteiger partial charge on any atom is -0.486 e. The third-order valence-electron chi connectivity index (χ3n) is 3.28. The van der Waals surface area contributed by atoms with Crippen LogP contribution in [0.1, 0.15) is 22.0 Å². The first-order valence-electron chi connectivity index (χ1n) is 7.34.